The van der Waals surface area contributed by atoms with Crippen molar-refractivity contribution < 1.29 is 33.6 Å². The third-order valence-corrected chi connectivity index (χ3v) is 3.79. The van der Waals surface area contributed by atoms with Gasteiger partial charge in [0.2, 0.25) is 0 Å². The first-order valence-electron chi connectivity index (χ1n) is 10.3. The molecule has 0 aromatic heterocycles. The van der Waals surface area contributed by atoms with Gasteiger partial charge in [0.05, 0.1) is 19.6 Å². The number of hydrogen-bond donors (Lipinski definition) is 1. The highest BCUT2D eigenvalue weighted by molar-refractivity contribution is 5.81. The van der Waals surface area contributed by atoms with Gasteiger partial charge < -0.3 is 24.1 Å². The number of unbranched alkanes of at least 4 members (excludes halogenated alkanes) is 4. The number of carbonyl (C=O) groups excluding carboxylic acids is 2. The van der Waals surface area contributed by atoms with Crippen molar-refractivity contribution in [2.75, 3.05) is 39.6 Å². The van der Waals surface area contributed by atoms with Gasteiger partial charge in [0.15, 0.2) is 6.10 Å². The van der Waals surface area contributed by atoms with Crippen LogP contribution in [0, 0.1) is 0 Å². The zero-order chi connectivity index (χ0) is 20.2. The van der Waals surface area contributed by atoms with Gasteiger partial charge in [-0.25, -0.2) is 4.79 Å². The van der Waals surface area contributed by atoms with E-state index in [9.17, 15) is 14.7 Å². The standard InChI is InChI=1S/C20H38O7/c1-3-5-11-24-13-7-9-15-26-19(22)17-18(21)20(23)27-16-10-8-14-25-12-6-4-2/h18,21H,3-17H2,1-2H3. The van der Waals surface area contributed by atoms with Gasteiger partial charge in [-0.1, -0.05) is 26.7 Å². The average Bonchev–Trinajstić information content (AvgIpc) is 2.65. The van der Waals surface area contributed by atoms with Crippen LogP contribution in [0.25, 0.3) is 0 Å². The smallest absolute Gasteiger partial charge is 0.335 e. The SMILES string of the molecule is CCCCOCCCCOC(=O)CC(O)C(=O)OCCCCOCCCC. The van der Waals surface area contributed by atoms with Crippen molar-refractivity contribution in [3.8, 4) is 0 Å². The molecule has 0 aliphatic carbocycles. The van der Waals surface area contributed by atoms with Crippen molar-refractivity contribution in [1.82, 2.24) is 0 Å². The summed E-state index contributed by atoms with van der Waals surface area (Å²) in [4.78, 5) is 23.2. The number of ether oxygens (including phenoxy) is 4. The molecule has 0 bridgehead atoms. The Hall–Kier alpha value is -1.18. The largest absolute Gasteiger partial charge is 0.466 e. The fourth-order valence-electron chi connectivity index (χ4n) is 2.06. The summed E-state index contributed by atoms with van der Waals surface area (Å²) in [6, 6.07) is 0. The summed E-state index contributed by atoms with van der Waals surface area (Å²) in [5, 5.41) is 9.69. The van der Waals surface area contributed by atoms with E-state index >= 15 is 0 Å². The molecule has 1 unspecified atom stereocenters. The quantitative estimate of drug-likeness (QED) is 0.268. The van der Waals surface area contributed by atoms with Crippen molar-refractivity contribution in [1.29, 1.82) is 0 Å². The lowest BCUT2D eigenvalue weighted by molar-refractivity contribution is -0.160. The van der Waals surface area contributed by atoms with Crippen LogP contribution in [0.2, 0.25) is 0 Å². The first-order chi connectivity index (χ1) is 13.1. The first kappa shape index (κ1) is 25.8. The number of carbonyl (C=O) groups is 2. The second-order valence-electron chi connectivity index (χ2n) is 6.45. The second-order valence-corrected chi connectivity index (χ2v) is 6.45. The Bertz CT molecular complexity index is 360. The Kier molecular flexibility index (Phi) is 18.7. The van der Waals surface area contributed by atoms with Crippen LogP contribution in [0.4, 0.5) is 0 Å². The zero-order valence-electron chi connectivity index (χ0n) is 17.1. The summed E-state index contributed by atoms with van der Waals surface area (Å²) in [5.74, 6) is -1.39. The molecule has 0 spiro atoms. The Balaban J connectivity index is 3.53. The summed E-state index contributed by atoms with van der Waals surface area (Å²) in [6.07, 6.45) is 5.40. The molecule has 27 heavy (non-hydrogen) atoms. The minimum Gasteiger partial charge on any atom is -0.466 e. The molecular formula is C20H38O7. The van der Waals surface area contributed by atoms with E-state index in [0.717, 1.165) is 51.7 Å². The predicted molar refractivity (Wildman–Crippen MR) is 102 cm³/mol. The van der Waals surface area contributed by atoms with Crippen molar-refractivity contribution in [2.45, 2.75) is 77.7 Å². The molecular weight excluding hydrogens is 352 g/mol. The van der Waals surface area contributed by atoms with E-state index in [-0.39, 0.29) is 19.6 Å². The van der Waals surface area contributed by atoms with Crippen LogP contribution in [0.1, 0.15) is 71.6 Å². The van der Waals surface area contributed by atoms with Gasteiger partial charge in [-0.3, -0.25) is 4.79 Å². The van der Waals surface area contributed by atoms with Crippen LogP contribution in [0.5, 0.6) is 0 Å². The van der Waals surface area contributed by atoms with Crippen LogP contribution >= 0.6 is 0 Å². The molecule has 0 saturated heterocycles. The van der Waals surface area contributed by atoms with Crippen molar-refractivity contribution in [3.63, 3.8) is 0 Å². The van der Waals surface area contributed by atoms with Crippen LogP contribution < -0.4 is 0 Å². The van der Waals surface area contributed by atoms with Crippen molar-refractivity contribution in [3.05, 3.63) is 0 Å². The van der Waals surface area contributed by atoms with E-state index in [1.54, 1.807) is 0 Å². The van der Waals surface area contributed by atoms with Gasteiger partial charge in [0, 0.05) is 26.4 Å². The second kappa shape index (κ2) is 19.6. The molecule has 0 aromatic carbocycles. The van der Waals surface area contributed by atoms with E-state index in [2.05, 4.69) is 13.8 Å². The summed E-state index contributed by atoms with van der Waals surface area (Å²) in [7, 11) is 0. The molecule has 0 fully saturated rings. The minimum atomic E-state index is -1.48. The maximum absolute atomic E-state index is 11.6. The van der Waals surface area contributed by atoms with Crippen molar-refractivity contribution >= 4 is 11.9 Å². The van der Waals surface area contributed by atoms with Crippen LogP contribution in [0.3, 0.4) is 0 Å². The molecule has 1 atom stereocenters. The summed E-state index contributed by atoms with van der Waals surface area (Å²) in [6.45, 7) is 7.48. The molecule has 7 nitrogen and oxygen atoms in total. The Morgan fingerprint density at radius 3 is 1.67 bits per heavy atom. The van der Waals surface area contributed by atoms with Gasteiger partial charge in [-0.05, 0) is 38.5 Å². The molecule has 0 rings (SSSR count). The molecule has 1 N–H and O–H groups in total. The lowest BCUT2D eigenvalue weighted by Gasteiger charge is -2.11. The Morgan fingerprint density at radius 2 is 1.15 bits per heavy atom. The molecule has 0 aliphatic rings. The first-order valence-corrected chi connectivity index (χ1v) is 10.3. The van der Waals surface area contributed by atoms with Gasteiger partial charge in [-0.2, -0.15) is 0 Å². The summed E-state index contributed by atoms with van der Waals surface area (Å²) < 4.78 is 20.8. The van der Waals surface area contributed by atoms with Gasteiger partial charge in [-0.15, -0.1) is 0 Å². The third kappa shape index (κ3) is 18.0. The monoisotopic (exact) mass is 390 g/mol. The lowest BCUT2D eigenvalue weighted by atomic mass is 10.2. The number of rotatable bonds is 19. The minimum absolute atomic E-state index is 0.208. The number of hydrogen-bond acceptors (Lipinski definition) is 7. The van der Waals surface area contributed by atoms with Crippen LogP contribution in [-0.2, 0) is 28.5 Å². The fourth-order valence-corrected chi connectivity index (χ4v) is 2.06. The molecule has 0 aliphatic heterocycles. The molecule has 0 aromatic rings. The highest BCUT2D eigenvalue weighted by Gasteiger charge is 2.21. The van der Waals surface area contributed by atoms with E-state index in [1.165, 1.54) is 0 Å². The van der Waals surface area contributed by atoms with E-state index in [1.807, 2.05) is 0 Å². The summed E-state index contributed by atoms with van der Waals surface area (Å²) in [5.41, 5.74) is 0. The number of aliphatic hydroxyl groups excluding tert-OH is 1. The molecule has 7 heteroatoms. The van der Waals surface area contributed by atoms with Gasteiger partial charge in [0.25, 0.3) is 0 Å². The normalized spacial score (nSPS) is 12.0. The maximum Gasteiger partial charge on any atom is 0.335 e. The van der Waals surface area contributed by atoms with E-state index in [4.69, 9.17) is 18.9 Å². The van der Waals surface area contributed by atoms with Crippen LogP contribution in [0.15, 0.2) is 0 Å². The lowest BCUT2D eigenvalue weighted by Crippen LogP contribution is -2.27. The molecule has 160 valence electrons. The highest BCUT2D eigenvalue weighted by atomic mass is 16.6. The van der Waals surface area contributed by atoms with Crippen LogP contribution in [-0.4, -0.2) is 62.8 Å². The zero-order valence-corrected chi connectivity index (χ0v) is 17.1. The number of aliphatic hydroxyl groups is 1. The Labute approximate surface area is 163 Å². The Morgan fingerprint density at radius 1 is 0.704 bits per heavy atom. The summed E-state index contributed by atoms with van der Waals surface area (Å²) >= 11 is 0. The van der Waals surface area contributed by atoms with Crippen molar-refractivity contribution in [2.24, 2.45) is 0 Å². The van der Waals surface area contributed by atoms with E-state index in [0.29, 0.717) is 26.1 Å². The molecule has 0 amide bonds. The van der Waals surface area contributed by atoms with Gasteiger partial charge >= 0.3 is 11.9 Å². The average molecular weight is 391 g/mol. The molecule has 0 radical (unpaired) electrons. The molecule has 0 saturated carbocycles. The molecule has 0 heterocycles. The maximum atomic E-state index is 11.6. The third-order valence-electron chi connectivity index (χ3n) is 3.79. The van der Waals surface area contributed by atoms with Gasteiger partial charge in [0.1, 0.15) is 0 Å². The highest BCUT2D eigenvalue weighted by Crippen LogP contribution is 2.02. The van der Waals surface area contributed by atoms with E-state index < -0.39 is 18.0 Å². The predicted octanol–water partition coefficient (Wildman–Crippen LogP) is 3.02. The number of esters is 2. The topological polar surface area (TPSA) is 91.3 Å². The fraction of sp³-hybridized carbons (Fsp3) is 0.900.